The Morgan fingerprint density at radius 3 is 3.00 bits per heavy atom. The number of nitrogen functional groups attached to an aromatic ring is 1. The van der Waals surface area contributed by atoms with Gasteiger partial charge in [0.15, 0.2) is 11.6 Å². The first-order chi connectivity index (χ1) is 8.06. The van der Waals surface area contributed by atoms with E-state index in [-0.39, 0.29) is 11.8 Å². The average molecular weight is 317 g/mol. The van der Waals surface area contributed by atoms with E-state index in [2.05, 4.69) is 25.9 Å². The highest BCUT2D eigenvalue weighted by Gasteiger charge is 2.11. The summed E-state index contributed by atoms with van der Waals surface area (Å²) in [6.45, 7) is 0.565. The molecule has 0 aromatic carbocycles. The maximum Gasteiger partial charge on any atom is 0.222 e. The molecular weight excluding hydrogens is 307 g/mol. The third-order valence-corrected chi connectivity index (χ3v) is 3.70. The lowest BCUT2D eigenvalue weighted by atomic mass is 10.3. The number of nitrogens with zero attached hydrogens (tertiary/aromatic N) is 3. The molecule has 2 rings (SSSR count). The Balaban J connectivity index is 2.19. The standard InChI is InChI=1S/C10H10BrFN4S/c1-16(4-6-2-8(11)17-5-6)9-7(12)3-14-10(13)15-9/h2-3,5H,4H2,1H3,(H2,13,14,15). The van der Waals surface area contributed by atoms with Gasteiger partial charge in [0.2, 0.25) is 5.95 Å². The van der Waals surface area contributed by atoms with Gasteiger partial charge in [0, 0.05) is 13.6 Å². The normalized spacial score (nSPS) is 10.5. The first kappa shape index (κ1) is 12.3. The number of aromatic nitrogens is 2. The molecular formula is C10H10BrFN4S. The van der Waals surface area contributed by atoms with E-state index in [0.717, 1.165) is 15.5 Å². The second-order valence-corrected chi connectivity index (χ2v) is 5.81. The summed E-state index contributed by atoms with van der Waals surface area (Å²) < 4.78 is 14.5. The number of rotatable bonds is 3. The monoisotopic (exact) mass is 316 g/mol. The van der Waals surface area contributed by atoms with Crippen molar-refractivity contribution in [3.63, 3.8) is 0 Å². The Labute approximate surface area is 110 Å². The van der Waals surface area contributed by atoms with Crippen molar-refractivity contribution < 1.29 is 4.39 Å². The van der Waals surface area contributed by atoms with Gasteiger partial charge in [-0.25, -0.2) is 9.37 Å². The second-order valence-electron chi connectivity index (χ2n) is 3.51. The topological polar surface area (TPSA) is 55.0 Å². The maximum atomic E-state index is 13.5. The highest BCUT2D eigenvalue weighted by atomic mass is 79.9. The van der Waals surface area contributed by atoms with Crippen molar-refractivity contribution in [3.05, 3.63) is 32.8 Å². The van der Waals surface area contributed by atoms with Crippen LogP contribution >= 0.6 is 27.3 Å². The molecule has 2 aromatic rings. The lowest BCUT2D eigenvalue weighted by Gasteiger charge is -2.17. The summed E-state index contributed by atoms with van der Waals surface area (Å²) in [6, 6.07) is 1.99. The van der Waals surface area contributed by atoms with Crippen LogP contribution in [0.2, 0.25) is 0 Å². The van der Waals surface area contributed by atoms with Gasteiger partial charge < -0.3 is 10.6 Å². The Morgan fingerprint density at radius 1 is 1.59 bits per heavy atom. The molecule has 0 spiro atoms. The van der Waals surface area contributed by atoms with E-state index < -0.39 is 5.82 Å². The summed E-state index contributed by atoms with van der Waals surface area (Å²) in [4.78, 5) is 9.17. The molecule has 2 N–H and O–H groups in total. The van der Waals surface area contributed by atoms with Crippen LogP contribution in [0, 0.1) is 5.82 Å². The van der Waals surface area contributed by atoms with Crippen molar-refractivity contribution >= 4 is 39.0 Å². The van der Waals surface area contributed by atoms with Gasteiger partial charge in [-0.2, -0.15) is 4.98 Å². The SMILES string of the molecule is CN(Cc1csc(Br)c1)c1nc(N)ncc1F. The molecule has 0 saturated carbocycles. The fraction of sp³-hybridized carbons (Fsp3) is 0.200. The summed E-state index contributed by atoms with van der Waals surface area (Å²) in [5, 5.41) is 2.00. The summed E-state index contributed by atoms with van der Waals surface area (Å²) in [6.07, 6.45) is 1.08. The van der Waals surface area contributed by atoms with Crippen LogP contribution in [0.4, 0.5) is 16.2 Å². The van der Waals surface area contributed by atoms with Crippen molar-refractivity contribution in [2.75, 3.05) is 17.7 Å². The lowest BCUT2D eigenvalue weighted by molar-refractivity contribution is 0.608. The molecule has 0 fully saturated rings. The van der Waals surface area contributed by atoms with Gasteiger partial charge in [0.1, 0.15) is 0 Å². The molecule has 0 aliphatic heterocycles. The summed E-state index contributed by atoms with van der Waals surface area (Å²) in [5.41, 5.74) is 6.53. The lowest BCUT2D eigenvalue weighted by Crippen LogP contribution is -2.19. The fourth-order valence-electron chi connectivity index (χ4n) is 1.42. The largest absolute Gasteiger partial charge is 0.368 e. The zero-order valence-electron chi connectivity index (χ0n) is 9.02. The van der Waals surface area contributed by atoms with Crippen molar-refractivity contribution in [2.45, 2.75) is 6.54 Å². The van der Waals surface area contributed by atoms with E-state index in [0.29, 0.717) is 6.54 Å². The van der Waals surface area contributed by atoms with E-state index in [4.69, 9.17) is 5.73 Å². The van der Waals surface area contributed by atoms with Crippen LogP contribution in [0.25, 0.3) is 0 Å². The van der Waals surface area contributed by atoms with Crippen LogP contribution in [-0.4, -0.2) is 17.0 Å². The molecule has 17 heavy (non-hydrogen) atoms. The fourth-order valence-corrected chi connectivity index (χ4v) is 2.62. The molecule has 2 aromatic heterocycles. The minimum atomic E-state index is -0.476. The predicted molar refractivity (Wildman–Crippen MR) is 70.5 cm³/mol. The molecule has 90 valence electrons. The van der Waals surface area contributed by atoms with Gasteiger partial charge in [-0.15, -0.1) is 11.3 Å². The van der Waals surface area contributed by atoms with Crippen molar-refractivity contribution in [1.82, 2.24) is 9.97 Å². The maximum absolute atomic E-state index is 13.5. The van der Waals surface area contributed by atoms with Gasteiger partial charge in [-0.3, -0.25) is 0 Å². The number of hydrogen-bond donors (Lipinski definition) is 1. The van der Waals surface area contributed by atoms with E-state index >= 15 is 0 Å². The zero-order chi connectivity index (χ0) is 12.4. The van der Waals surface area contributed by atoms with E-state index in [1.165, 1.54) is 0 Å². The summed E-state index contributed by atoms with van der Waals surface area (Å²) in [7, 11) is 1.76. The van der Waals surface area contributed by atoms with E-state index in [9.17, 15) is 4.39 Å². The molecule has 0 saturated heterocycles. The summed E-state index contributed by atoms with van der Waals surface area (Å²) >= 11 is 4.97. The van der Waals surface area contributed by atoms with Gasteiger partial charge in [-0.05, 0) is 32.9 Å². The Hall–Kier alpha value is -1.21. The zero-order valence-corrected chi connectivity index (χ0v) is 11.4. The molecule has 0 unspecified atom stereocenters. The molecule has 7 heteroatoms. The van der Waals surface area contributed by atoms with Gasteiger partial charge >= 0.3 is 0 Å². The molecule has 0 aliphatic rings. The molecule has 4 nitrogen and oxygen atoms in total. The van der Waals surface area contributed by atoms with Crippen LogP contribution < -0.4 is 10.6 Å². The highest BCUT2D eigenvalue weighted by Crippen LogP contribution is 2.23. The number of thiophene rings is 1. The van der Waals surface area contributed by atoms with Crippen molar-refractivity contribution in [1.29, 1.82) is 0 Å². The Bertz CT molecular complexity index is 531. The molecule has 0 radical (unpaired) electrons. The van der Waals surface area contributed by atoms with Gasteiger partial charge in [-0.1, -0.05) is 0 Å². The third-order valence-electron chi connectivity index (χ3n) is 2.15. The molecule has 0 atom stereocenters. The second kappa shape index (κ2) is 4.97. The first-order valence-electron chi connectivity index (χ1n) is 4.78. The van der Waals surface area contributed by atoms with Crippen molar-refractivity contribution in [2.24, 2.45) is 0 Å². The molecule has 0 bridgehead atoms. The van der Waals surface area contributed by atoms with E-state index in [1.807, 2.05) is 11.4 Å². The van der Waals surface area contributed by atoms with Crippen LogP contribution in [0.15, 0.2) is 21.4 Å². The van der Waals surface area contributed by atoms with Crippen LogP contribution in [0.1, 0.15) is 5.56 Å². The number of anilines is 2. The quantitative estimate of drug-likeness (QED) is 0.945. The smallest absolute Gasteiger partial charge is 0.222 e. The number of nitrogens with two attached hydrogens (primary N) is 1. The van der Waals surface area contributed by atoms with Crippen LogP contribution in [0.5, 0.6) is 0 Å². The van der Waals surface area contributed by atoms with E-state index in [1.54, 1.807) is 23.3 Å². The molecule has 2 heterocycles. The van der Waals surface area contributed by atoms with Gasteiger partial charge in [0.25, 0.3) is 0 Å². The van der Waals surface area contributed by atoms with Crippen molar-refractivity contribution in [3.8, 4) is 0 Å². The average Bonchev–Trinajstić information content (AvgIpc) is 2.67. The molecule has 0 aliphatic carbocycles. The number of halogens is 2. The van der Waals surface area contributed by atoms with Crippen LogP contribution in [0.3, 0.4) is 0 Å². The Morgan fingerprint density at radius 2 is 2.35 bits per heavy atom. The predicted octanol–water partition coefficient (Wildman–Crippen LogP) is 2.66. The molecule has 0 amide bonds. The summed E-state index contributed by atoms with van der Waals surface area (Å²) in [5.74, 6) is -0.199. The number of hydrogen-bond acceptors (Lipinski definition) is 5. The van der Waals surface area contributed by atoms with Gasteiger partial charge in [0.05, 0.1) is 9.98 Å². The highest BCUT2D eigenvalue weighted by molar-refractivity contribution is 9.11. The Kier molecular flexibility index (Phi) is 3.58. The van der Waals surface area contributed by atoms with Crippen LogP contribution in [-0.2, 0) is 6.54 Å². The minimum absolute atomic E-state index is 0.0692. The third kappa shape index (κ3) is 2.92. The minimum Gasteiger partial charge on any atom is -0.368 e. The first-order valence-corrected chi connectivity index (χ1v) is 6.45.